The van der Waals surface area contributed by atoms with Crippen molar-refractivity contribution < 1.29 is 14.3 Å². The SMILES string of the molecule is C[C@@H](NCC(C)(C)C(=O)O)c1cccc(F)c1. The summed E-state index contributed by atoms with van der Waals surface area (Å²) in [5, 5.41) is 12.1. The number of hydrogen-bond donors (Lipinski definition) is 2. The largest absolute Gasteiger partial charge is 0.481 e. The van der Waals surface area contributed by atoms with Crippen LogP contribution in [0.25, 0.3) is 0 Å². The molecular formula is C13H18FNO2. The Balaban J connectivity index is 2.62. The van der Waals surface area contributed by atoms with Crippen molar-refractivity contribution in [3.05, 3.63) is 35.6 Å². The van der Waals surface area contributed by atoms with Crippen LogP contribution in [-0.4, -0.2) is 17.6 Å². The summed E-state index contributed by atoms with van der Waals surface area (Å²) in [7, 11) is 0. The average molecular weight is 239 g/mol. The lowest BCUT2D eigenvalue weighted by Crippen LogP contribution is -2.37. The third-order valence-electron chi connectivity index (χ3n) is 2.78. The Morgan fingerprint density at radius 3 is 2.71 bits per heavy atom. The minimum Gasteiger partial charge on any atom is -0.481 e. The molecule has 0 aromatic heterocycles. The van der Waals surface area contributed by atoms with Crippen LogP contribution in [-0.2, 0) is 4.79 Å². The molecule has 94 valence electrons. The highest BCUT2D eigenvalue weighted by Crippen LogP contribution is 2.18. The van der Waals surface area contributed by atoms with Crippen molar-refractivity contribution in [1.82, 2.24) is 5.32 Å². The molecular weight excluding hydrogens is 221 g/mol. The molecule has 3 nitrogen and oxygen atoms in total. The molecule has 0 bridgehead atoms. The molecule has 1 aromatic rings. The topological polar surface area (TPSA) is 49.3 Å². The minimum absolute atomic E-state index is 0.0793. The van der Waals surface area contributed by atoms with Gasteiger partial charge in [0.1, 0.15) is 5.82 Å². The maximum absolute atomic E-state index is 13.0. The van der Waals surface area contributed by atoms with E-state index in [2.05, 4.69) is 5.32 Å². The number of carbonyl (C=O) groups is 1. The first-order valence-electron chi connectivity index (χ1n) is 5.55. The van der Waals surface area contributed by atoms with Crippen LogP contribution in [0.15, 0.2) is 24.3 Å². The average Bonchev–Trinajstić information content (AvgIpc) is 2.25. The molecule has 4 heteroatoms. The predicted octanol–water partition coefficient (Wildman–Crippen LogP) is 2.59. The molecule has 0 aliphatic heterocycles. The molecule has 0 fully saturated rings. The summed E-state index contributed by atoms with van der Waals surface area (Å²) in [5.41, 5.74) is -0.0205. The molecule has 2 N–H and O–H groups in total. The number of carboxylic acid groups (broad SMARTS) is 1. The normalized spacial score (nSPS) is 13.4. The molecule has 0 heterocycles. The molecule has 0 unspecified atom stereocenters. The van der Waals surface area contributed by atoms with Crippen LogP contribution in [0.4, 0.5) is 4.39 Å². The van der Waals surface area contributed by atoms with Gasteiger partial charge in [-0.1, -0.05) is 12.1 Å². The van der Waals surface area contributed by atoms with Crippen LogP contribution in [0.3, 0.4) is 0 Å². The number of halogens is 1. The second kappa shape index (κ2) is 5.27. The Hall–Kier alpha value is -1.42. The van der Waals surface area contributed by atoms with Crippen LogP contribution in [0, 0.1) is 11.2 Å². The highest BCUT2D eigenvalue weighted by Gasteiger charge is 2.27. The van der Waals surface area contributed by atoms with Crippen LogP contribution in [0.2, 0.25) is 0 Å². The summed E-state index contributed by atoms with van der Waals surface area (Å²) in [5.74, 6) is -1.13. The summed E-state index contributed by atoms with van der Waals surface area (Å²) in [6.45, 7) is 5.52. The number of benzene rings is 1. The monoisotopic (exact) mass is 239 g/mol. The Labute approximate surface area is 101 Å². The lowest BCUT2D eigenvalue weighted by Gasteiger charge is -2.23. The first kappa shape index (κ1) is 13.6. The van der Waals surface area contributed by atoms with Gasteiger partial charge in [-0.15, -0.1) is 0 Å². The van der Waals surface area contributed by atoms with Gasteiger partial charge in [-0.05, 0) is 38.5 Å². The number of nitrogens with one attached hydrogen (secondary N) is 1. The molecule has 0 saturated heterocycles. The predicted molar refractivity (Wildman–Crippen MR) is 64.2 cm³/mol. The Morgan fingerprint density at radius 1 is 1.53 bits per heavy atom. The first-order chi connectivity index (χ1) is 7.83. The Kier molecular flexibility index (Phi) is 4.23. The van der Waals surface area contributed by atoms with Gasteiger partial charge < -0.3 is 10.4 Å². The summed E-state index contributed by atoms with van der Waals surface area (Å²) < 4.78 is 13.0. The third kappa shape index (κ3) is 3.82. The van der Waals surface area contributed by atoms with Gasteiger partial charge in [-0.3, -0.25) is 4.79 Å². The highest BCUT2D eigenvalue weighted by molar-refractivity contribution is 5.73. The lowest BCUT2D eigenvalue weighted by molar-refractivity contribution is -0.146. The summed E-state index contributed by atoms with van der Waals surface area (Å²) in [4.78, 5) is 10.9. The molecule has 1 aromatic carbocycles. The second-order valence-electron chi connectivity index (χ2n) is 4.85. The van der Waals surface area contributed by atoms with E-state index < -0.39 is 11.4 Å². The van der Waals surface area contributed by atoms with Crippen LogP contribution >= 0.6 is 0 Å². The van der Waals surface area contributed by atoms with Gasteiger partial charge in [0.05, 0.1) is 5.41 Å². The fourth-order valence-corrected chi connectivity index (χ4v) is 1.38. The van der Waals surface area contributed by atoms with Gasteiger partial charge in [0.2, 0.25) is 0 Å². The van der Waals surface area contributed by atoms with E-state index in [0.29, 0.717) is 6.54 Å². The van der Waals surface area contributed by atoms with Gasteiger partial charge in [-0.25, -0.2) is 4.39 Å². The number of carboxylic acids is 1. The van der Waals surface area contributed by atoms with E-state index in [9.17, 15) is 9.18 Å². The minimum atomic E-state index is -0.851. The zero-order valence-corrected chi connectivity index (χ0v) is 10.3. The zero-order valence-electron chi connectivity index (χ0n) is 10.3. The summed E-state index contributed by atoms with van der Waals surface area (Å²) >= 11 is 0. The van der Waals surface area contributed by atoms with Crippen molar-refractivity contribution in [3.63, 3.8) is 0 Å². The van der Waals surface area contributed by atoms with E-state index in [4.69, 9.17) is 5.11 Å². The Morgan fingerprint density at radius 2 is 2.18 bits per heavy atom. The van der Waals surface area contributed by atoms with E-state index in [1.54, 1.807) is 19.9 Å². The van der Waals surface area contributed by atoms with E-state index in [1.807, 2.05) is 13.0 Å². The van der Waals surface area contributed by atoms with E-state index in [0.717, 1.165) is 5.56 Å². The van der Waals surface area contributed by atoms with Gasteiger partial charge in [0.15, 0.2) is 0 Å². The molecule has 1 atom stereocenters. The number of aliphatic carboxylic acids is 1. The number of rotatable bonds is 5. The maximum atomic E-state index is 13.0. The van der Waals surface area contributed by atoms with Crippen molar-refractivity contribution in [2.75, 3.05) is 6.54 Å². The fraction of sp³-hybridized carbons (Fsp3) is 0.462. The number of hydrogen-bond acceptors (Lipinski definition) is 2. The van der Waals surface area contributed by atoms with Crippen LogP contribution < -0.4 is 5.32 Å². The lowest BCUT2D eigenvalue weighted by atomic mass is 9.93. The molecule has 0 spiro atoms. The molecule has 0 amide bonds. The van der Waals surface area contributed by atoms with Gasteiger partial charge >= 0.3 is 5.97 Å². The maximum Gasteiger partial charge on any atom is 0.310 e. The van der Waals surface area contributed by atoms with Crippen LogP contribution in [0.5, 0.6) is 0 Å². The van der Waals surface area contributed by atoms with Crippen molar-refractivity contribution in [2.24, 2.45) is 5.41 Å². The molecule has 0 radical (unpaired) electrons. The molecule has 0 saturated carbocycles. The third-order valence-corrected chi connectivity index (χ3v) is 2.78. The summed E-state index contributed by atoms with van der Waals surface area (Å²) in [6.07, 6.45) is 0. The molecule has 17 heavy (non-hydrogen) atoms. The van der Waals surface area contributed by atoms with Gasteiger partial charge in [0, 0.05) is 12.6 Å². The van der Waals surface area contributed by atoms with E-state index >= 15 is 0 Å². The van der Waals surface area contributed by atoms with Crippen molar-refractivity contribution >= 4 is 5.97 Å². The molecule has 1 rings (SSSR count). The van der Waals surface area contributed by atoms with Crippen molar-refractivity contribution in [2.45, 2.75) is 26.8 Å². The highest BCUT2D eigenvalue weighted by atomic mass is 19.1. The zero-order chi connectivity index (χ0) is 13.1. The molecule has 0 aliphatic rings. The van der Waals surface area contributed by atoms with Gasteiger partial charge in [-0.2, -0.15) is 0 Å². The van der Waals surface area contributed by atoms with E-state index in [1.165, 1.54) is 12.1 Å². The first-order valence-corrected chi connectivity index (χ1v) is 5.55. The quantitative estimate of drug-likeness (QED) is 0.830. The fourth-order valence-electron chi connectivity index (χ4n) is 1.38. The second-order valence-corrected chi connectivity index (χ2v) is 4.85. The smallest absolute Gasteiger partial charge is 0.310 e. The standard InChI is InChI=1S/C13H18FNO2/c1-9(10-5-4-6-11(14)7-10)15-8-13(2,3)12(16)17/h4-7,9,15H,8H2,1-3H3,(H,16,17)/t9-/m1/s1. The molecule has 0 aliphatic carbocycles. The van der Waals surface area contributed by atoms with Crippen molar-refractivity contribution in [3.8, 4) is 0 Å². The van der Waals surface area contributed by atoms with Crippen molar-refractivity contribution in [1.29, 1.82) is 0 Å². The Bertz CT molecular complexity index is 404. The van der Waals surface area contributed by atoms with E-state index in [-0.39, 0.29) is 11.9 Å². The summed E-state index contributed by atoms with van der Waals surface area (Å²) in [6, 6.07) is 6.21. The van der Waals surface area contributed by atoms with Gasteiger partial charge in [0.25, 0.3) is 0 Å². The van der Waals surface area contributed by atoms with Crippen LogP contribution in [0.1, 0.15) is 32.4 Å².